The number of rotatable bonds is 4. The van der Waals surface area contributed by atoms with Gasteiger partial charge in [0.05, 0.1) is 0 Å². The maximum Gasteiger partial charge on any atom is 0.246 e. The Morgan fingerprint density at radius 3 is 2.46 bits per heavy atom. The number of piperazine rings is 1. The molecule has 2 aromatic rings. The Kier molecular flexibility index (Phi) is 4.56. The standard InChI is InChI=1S/C18H19FN2O4S/c19-15-3-1-2-4-18(15)26(22,23)21-9-7-20(8-10-21)12-14-5-6-16-17(11-14)25-13-24-16/h1-6,11H,7-10,12-13H2. The summed E-state index contributed by atoms with van der Waals surface area (Å²) in [6, 6.07) is 11.3. The molecule has 6 nitrogen and oxygen atoms in total. The van der Waals surface area contributed by atoms with Crippen LogP contribution in [0.2, 0.25) is 0 Å². The molecule has 0 radical (unpaired) electrons. The number of nitrogens with zero attached hydrogens (tertiary/aromatic N) is 2. The third-order valence-electron chi connectivity index (χ3n) is 4.63. The van der Waals surface area contributed by atoms with E-state index in [1.807, 2.05) is 18.2 Å². The molecule has 2 aromatic carbocycles. The zero-order valence-electron chi connectivity index (χ0n) is 14.1. The summed E-state index contributed by atoms with van der Waals surface area (Å²) < 4.78 is 51.2. The lowest BCUT2D eigenvalue weighted by molar-refractivity contribution is 0.173. The first-order valence-corrected chi connectivity index (χ1v) is 9.83. The van der Waals surface area contributed by atoms with E-state index >= 15 is 0 Å². The van der Waals surface area contributed by atoms with E-state index in [1.54, 1.807) is 0 Å². The van der Waals surface area contributed by atoms with Crippen molar-refractivity contribution in [3.05, 3.63) is 53.8 Å². The Morgan fingerprint density at radius 1 is 0.962 bits per heavy atom. The number of sulfonamides is 1. The summed E-state index contributed by atoms with van der Waals surface area (Å²) >= 11 is 0. The molecule has 0 atom stereocenters. The summed E-state index contributed by atoms with van der Waals surface area (Å²) in [5, 5.41) is 0. The van der Waals surface area contributed by atoms with Crippen LogP contribution in [0.3, 0.4) is 0 Å². The highest BCUT2D eigenvalue weighted by Gasteiger charge is 2.30. The maximum atomic E-state index is 13.9. The molecule has 0 unspecified atom stereocenters. The molecule has 1 saturated heterocycles. The van der Waals surface area contributed by atoms with Gasteiger partial charge in [0, 0.05) is 32.7 Å². The molecule has 2 heterocycles. The highest BCUT2D eigenvalue weighted by Crippen LogP contribution is 2.33. The summed E-state index contributed by atoms with van der Waals surface area (Å²) in [4.78, 5) is 1.91. The lowest BCUT2D eigenvalue weighted by Crippen LogP contribution is -2.48. The molecular weight excluding hydrogens is 359 g/mol. The highest BCUT2D eigenvalue weighted by atomic mass is 32.2. The molecule has 2 aliphatic heterocycles. The minimum absolute atomic E-state index is 0.241. The third-order valence-corrected chi connectivity index (χ3v) is 6.56. The SMILES string of the molecule is O=S(=O)(c1ccccc1F)N1CCN(Cc2ccc3c(c2)OCO3)CC1. The molecule has 4 rings (SSSR count). The van der Waals surface area contributed by atoms with Gasteiger partial charge in [0.1, 0.15) is 10.7 Å². The Balaban J connectivity index is 1.40. The van der Waals surface area contributed by atoms with Crippen LogP contribution in [0.15, 0.2) is 47.4 Å². The fourth-order valence-corrected chi connectivity index (χ4v) is 4.71. The maximum absolute atomic E-state index is 13.9. The van der Waals surface area contributed by atoms with Crippen molar-refractivity contribution in [2.45, 2.75) is 11.4 Å². The fourth-order valence-electron chi connectivity index (χ4n) is 3.22. The Bertz CT molecular complexity index is 911. The van der Waals surface area contributed by atoms with Gasteiger partial charge in [0.15, 0.2) is 11.5 Å². The van der Waals surface area contributed by atoms with Crippen molar-refractivity contribution in [2.24, 2.45) is 0 Å². The fraction of sp³-hybridized carbons (Fsp3) is 0.333. The number of halogens is 1. The van der Waals surface area contributed by atoms with Gasteiger partial charge in [-0.05, 0) is 29.8 Å². The summed E-state index contributed by atoms with van der Waals surface area (Å²) in [7, 11) is -3.80. The Hall–Kier alpha value is -2.16. The highest BCUT2D eigenvalue weighted by molar-refractivity contribution is 7.89. The first-order chi connectivity index (χ1) is 12.5. The number of fused-ring (bicyclic) bond motifs is 1. The second kappa shape index (κ2) is 6.86. The van der Waals surface area contributed by atoms with Gasteiger partial charge in [0.25, 0.3) is 0 Å². The van der Waals surface area contributed by atoms with Gasteiger partial charge < -0.3 is 9.47 Å². The molecule has 0 aromatic heterocycles. The summed E-state index contributed by atoms with van der Waals surface area (Å²) in [6.07, 6.45) is 0. The quantitative estimate of drug-likeness (QED) is 0.815. The lowest BCUT2D eigenvalue weighted by atomic mass is 10.2. The first kappa shape index (κ1) is 17.3. The molecule has 0 bridgehead atoms. The second-order valence-electron chi connectivity index (χ2n) is 6.30. The van der Waals surface area contributed by atoms with E-state index in [9.17, 15) is 12.8 Å². The van der Waals surface area contributed by atoms with Gasteiger partial charge in [-0.1, -0.05) is 18.2 Å². The largest absolute Gasteiger partial charge is 0.454 e. The molecular formula is C18H19FN2O4S. The van der Waals surface area contributed by atoms with Crippen LogP contribution >= 0.6 is 0 Å². The zero-order chi connectivity index (χ0) is 18.1. The van der Waals surface area contributed by atoms with E-state index in [4.69, 9.17) is 9.47 Å². The minimum atomic E-state index is -3.80. The van der Waals surface area contributed by atoms with Crippen molar-refractivity contribution < 1.29 is 22.3 Å². The summed E-state index contributed by atoms with van der Waals surface area (Å²) in [6.45, 7) is 2.78. The number of ether oxygens (including phenoxy) is 2. The predicted octanol–water partition coefficient (Wildman–Crippen LogP) is 2.06. The first-order valence-electron chi connectivity index (χ1n) is 8.39. The number of hydrogen-bond donors (Lipinski definition) is 0. The topological polar surface area (TPSA) is 59.1 Å². The third kappa shape index (κ3) is 3.27. The van der Waals surface area contributed by atoms with Crippen LogP contribution in [0.25, 0.3) is 0 Å². The average Bonchev–Trinajstić information content (AvgIpc) is 3.10. The number of hydrogen-bond acceptors (Lipinski definition) is 5. The van der Waals surface area contributed by atoms with E-state index in [0.717, 1.165) is 17.1 Å². The van der Waals surface area contributed by atoms with E-state index in [-0.39, 0.29) is 11.7 Å². The van der Waals surface area contributed by atoms with Crippen molar-refractivity contribution >= 4 is 10.0 Å². The van der Waals surface area contributed by atoms with Crippen LogP contribution < -0.4 is 9.47 Å². The molecule has 0 spiro atoms. The zero-order valence-corrected chi connectivity index (χ0v) is 14.9. The summed E-state index contributed by atoms with van der Waals surface area (Å²) in [5.41, 5.74) is 1.08. The molecule has 0 N–H and O–H groups in total. The van der Waals surface area contributed by atoms with Gasteiger partial charge in [-0.15, -0.1) is 0 Å². The van der Waals surface area contributed by atoms with Crippen molar-refractivity contribution in [3.63, 3.8) is 0 Å². The van der Waals surface area contributed by atoms with Crippen LogP contribution in [0.4, 0.5) is 4.39 Å². The summed E-state index contributed by atoms with van der Waals surface area (Å²) in [5.74, 6) is 0.771. The monoisotopic (exact) mass is 378 g/mol. The predicted molar refractivity (Wildman–Crippen MR) is 93.0 cm³/mol. The van der Waals surface area contributed by atoms with Crippen molar-refractivity contribution in [1.82, 2.24) is 9.21 Å². The van der Waals surface area contributed by atoms with Crippen LogP contribution in [0, 0.1) is 5.82 Å². The van der Waals surface area contributed by atoms with Crippen LogP contribution in [0.5, 0.6) is 11.5 Å². The van der Waals surface area contributed by atoms with Crippen LogP contribution in [0.1, 0.15) is 5.56 Å². The van der Waals surface area contributed by atoms with Crippen LogP contribution in [-0.4, -0.2) is 50.6 Å². The van der Waals surface area contributed by atoms with E-state index in [1.165, 1.54) is 28.6 Å². The molecule has 8 heteroatoms. The molecule has 2 aliphatic rings. The van der Waals surface area contributed by atoms with Gasteiger partial charge in [-0.25, -0.2) is 12.8 Å². The van der Waals surface area contributed by atoms with Crippen molar-refractivity contribution in [2.75, 3.05) is 33.0 Å². The normalized spacial score (nSPS) is 18.2. The molecule has 0 amide bonds. The van der Waals surface area contributed by atoms with E-state index < -0.39 is 15.8 Å². The number of benzene rings is 2. The van der Waals surface area contributed by atoms with Gasteiger partial charge in [-0.2, -0.15) is 4.31 Å². The second-order valence-corrected chi connectivity index (χ2v) is 8.20. The van der Waals surface area contributed by atoms with Crippen LogP contribution in [-0.2, 0) is 16.6 Å². The molecule has 0 saturated carbocycles. The smallest absolute Gasteiger partial charge is 0.246 e. The molecule has 1 fully saturated rings. The van der Waals surface area contributed by atoms with E-state index in [2.05, 4.69) is 4.90 Å². The molecule has 26 heavy (non-hydrogen) atoms. The van der Waals surface area contributed by atoms with Crippen molar-refractivity contribution in [1.29, 1.82) is 0 Å². The Labute approximate surface area is 151 Å². The molecule has 0 aliphatic carbocycles. The minimum Gasteiger partial charge on any atom is -0.454 e. The Morgan fingerprint density at radius 2 is 1.69 bits per heavy atom. The average molecular weight is 378 g/mol. The van der Waals surface area contributed by atoms with Gasteiger partial charge in [0.2, 0.25) is 16.8 Å². The van der Waals surface area contributed by atoms with Crippen molar-refractivity contribution in [3.8, 4) is 11.5 Å². The van der Waals surface area contributed by atoms with E-state index in [0.29, 0.717) is 32.7 Å². The van der Waals surface area contributed by atoms with Gasteiger partial charge in [-0.3, -0.25) is 4.90 Å². The van der Waals surface area contributed by atoms with Gasteiger partial charge >= 0.3 is 0 Å². The molecule has 138 valence electrons. The lowest BCUT2D eigenvalue weighted by Gasteiger charge is -2.34.